The second-order valence-corrected chi connectivity index (χ2v) is 5.17. The average molecular weight is 249 g/mol. The molecule has 1 saturated heterocycles. The van der Waals surface area contributed by atoms with Crippen molar-refractivity contribution >= 4 is 5.97 Å². The Morgan fingerprint density at radius 3 is 2.67 bits per heavy atom. The summed E-state index contributed by atoms with van der Waals surface area (Å²) in [6, 6.07) is 5.79. The van der Waals surface area contributed by atoms with Crippen LogP contribution in [0.3, 0.4) is 0 Å². The van der Waals surface area contributed by atoms with Crippen LogP contribution in [0.1, 0.15) is 23.1 Å². The van der Waals surface area contributed by atoms with E-state index in [4.69, 9.17) is 15.6 Å². The maximum atomic E-state index is 10.9. The first-order chi connectivity index (χ1) is 8.45. The van der Waals surface area contributed by atoms with Gasteiger partial charge in [-0.3, -0.25) is 4.79 Å². The normalized spacial score (nSPS) is 19.1. The lowest BCUT2D eigenvalue weighted by Crippen LogP contribution is -2.59. The quantitative estimate of drug-likeness (QED) is 0.845. The minimum absolute atomic E-state index is 0.0310. The number of ether oxygens (including phenoxy) is 1. The summed E-state index contributed by atoms with van der Waals surface area (Å²) in [5, 5.41) is 8.92. The Balaban J connectivity index is 2.37. The second-order valence-electron chi connectivity index (χ2n) is 5.17. The number of benzene rings is 1. The molecule has 0 saturated carbocycles. The Kier molecular flexibility index (Phi) is 3.41. The van der Waals surface area contributed by atoms with Gasteiger partial charge in [0.1, 0.15) is 0 Å². The van der Waals surface area contributed by atoms with Gasteiger partial charge in [-0.1, -0.05) is 23.8 Å². The molecule has 4 heteroatoms. The molecule has 3 N–H and O–H groups in total. The summed E-state index contributed by atoms with van der Waals surface area (Å²) in [6.45, 7) is 5.07. The Morgan fingerprint density at radius 2 is 2.17 bits per heavy atom. The van der Waals surface area contributed by atoms with Crippen molar-refractivity contribution < 1.29 is 14.6 Å². The standard InChI is InChI=1S/C14H19NO3/c1-9-3-4-10(2)11(5-9)14(7-18-8-14)12(15)6-13(16)17/h3-5,12H,6-8,15H2,1-2H3,(H,16,17). The fraction of sp³-hybridized carbons (Fsp3) is 0.500. The lowest BCUT2D eigenvalue weighted by molar-refractivity contribution is -0.140. The highest BCUT2D eigenvalue weighted by Gasteiger charge is 2.47. The van der Waals surface area contributed by atoms with Crippen molar-refractivity contribution in [3.8, 4) is 0 Å². The van der Waals surface area contributed by atoms with Crippen molar-refractivity contribution in [3.63, 3.8) is 0 Å². The Bertz CT molecular complexity index is 466. The highest BCUT2D eigenvalue weighted by Crippen LogP contribution is 2.38. The van der Waals surface area contributed by atoms with Crippen LogP contribution in [-0.2, 0) is 14.9 Å². The summed E-state index contributed by atoms with van der Waals surface area (Å²) < 4.78 is 5.32. The first kappa shape index (κ1) is 13.1. The van der Waals surface area contributed by atoms with Crippen molar-refractivity contribution in [2.24, 2.45) is 5.73 Å². The van der Waals surface area contributed by atoms with Crippen molar-refractivity contribution in [3.05, 3.63) is 34.9 Å². The van der Waals surface area contributed by atoms with E-state index >= 15 is 0 Å². The van der Waals surface area contributed by atoms with Crippen molar-refractivity contribution in [2.45, 2.75) is 31.7 Å². The lowest BCUT2D eigenvalue weighted by atomic mass is 9.70. The van der Waals surface area contributed by atoms with Gasteiger partial charge in [0.2, 0.25) is 0 Å². The molecule has 0 amide bonds. The summed E-state index contributed by atoms with van der Waals surface area (Å²) >= 11 is 0. The number of aryl methyl sites for hydroxylation is 2. The molecular formula is C14H19NO3. The van der Waals surface area contributed by atoms with E-state index in [9.17, 15) is 4.79 Å². The van der Waals surface area contributed by atoms with Gasteiger partial charge >= 0.3 is 5.97 Å². The molecule has 1 aromatic carbocycles. The van der Waals surface area contributed by atoms with Crippen LogP contribution in [0, 0.1) is 13.8 Å². The second kappa shape index (κ2) is 4.71. The Morgan fingerprint density at radius 1 is 1.50 bits per heavy atom. The molecule has 1 heterocycles. The maximum Gasteiger partial charge on any atom is 0.304 e. The number of carboxylic acids is 1. The molecule has 1 aromatic rings. The zero-order chi connectivity index (χ0) is 13.3. The van der Waals surface area contributed by atoms with Gasteiger partial charge in [-0.15, -0.1) is 0 Å². The van der Waals surface area contributed by atoms with Crippen LogP contribution < -0.4 is 5.73 Å². The molecule has 1 atom stereocenters. The van der Waals surface area contributed by atoms with Crippen LogP contribution in [0.15, 0.2) is 18.2 Å². The van der Waals surface area contributed by atoms with Crippen LogP contribution in [-0.4, -0.2) is 30.3 Å². The van der Waals surface area contributed by atoms with Gasteiger partial charge in [0, 0.05) is 6.04 Å². The first-order valence-electron chi connectivity index (χ1n) is 6.08. The molecule has 0 bridgehead atoms. The Labute approximate surface area is 107 Å². The molecule has 0 radical (unpaired) electrons. The number of rotatable bonds is 4. The van der Waals surface area contributed by atoms with Crippen LogP contribution in [0.5, 0.6) is 0 Å². The van der Waals surface area contributed by atoms with E-state index in [0.29, 0.717) is 13.2 Å². The summed E-state index contributed by atoms with van der Waals surface area (Å²) in [6.07, 6.45) is -0.0310. The largest absolute Gasteiger partial charge is 0.481 e. The predicted octanol–water partition coefficient (Wildman–Crippen LogP) is 1.37. The zero-order valence-electron chi connectivity index (χ0n) is 10.8. The Hall–Kier alpha value is -1.39. The van der Waals surface area contributed by atoms with E-state index < -0.39 is 12.0 Å². The molecule has 18 heavy (non-hydrogen) atoms. The van der Waals surface area contributed by atoms with Gasteiger partial charge in [-0.05, 0) is 25.0 Å². The minimum atomic E-state index is -0.862. The highest BCUT2D eigenvalue weighted by atomic mass is 16.5. The molecule has 1 fully saturated rings. The van der Waals surface area contributed by atoms with Crippen molar-refractivity contribution in [1.82, 2.24) is 0 Å². The molecule has 0 aliphatic carbocycles. The van der Waals surface area contributed by atoms with E-state index in [0.717, 1.165) is 16.7 Å². The average Bonchev–Trinajstić information content (AvgIpc) is 2.20. The van der Waals surface area contributed by atoms with Crippen LogP contribution in [0.25, 0.3) is 0 Å². The van der Waals surface area contributed by atoms with E-state index in [1.165, 1.54) is 0 Å². The fourth-order valence-electron chi connectivity index (χ4n) is 2.55. The van der Waals surface area contributed by atoms with Gasteiger partial charge in [-0.2, -0.15) is 0 Å². The topological polar surface area (TPSA) is 72.6 Å². The molecule has 2 rings (SSSR count). The monoisotopic (exact) mass is 249 g/mol. The molecular weight excluding hydrogens is 230 g/mol. The maximum absolute atomic E-state index is 10.9. The third kappa shape index (κ3) is 2.13. The fourth-order valence-corrected chi connectivity index (χ4v) is 2.55. The molecule has 0 aromatic heterocycles. The number of aliphatic carboxylic acids is 1. The van der Waals surface area contributed by atoms with Gasteiger partial charge in [0.15, 0.2) is 0 Å². The smallest absolute Gasteiger partial charge is 0.304 e. The molecule has 1 aliphatic heterocycles. The van der Waals surface area contributed by atoms with E-state index in [2.05, 4.69) is 18.2 Å². The predicted molar refractivity (Wildman–Crippen MR) is 68.6 cm³/mol. The van der Waals surface area contributed by atoms with E-state index in [1.807, 2.05) is 13.8 Å². The highest BCUT2D eigenvalue weighted by molar-refractivity contribution is 5.68. The molecule has 1 unspecified atom stereocenters. The van der Waals surface area contributed by atoms with Crippen LogP contribution >= 0.6 is 0 Å². The molecule has 1 aliphatic rings. The molecule has 4 nitrogen and oxygen atoms in total. The third-order valence-electron chi connectivity index (χ3n) is 3.75. The van der Waals surface area contributed by atoms with E-state index in [-0.39, 0.29) is 11.8 Å². The summed E-state index contributed by atoms with van der Waals surface area (Å²) in [5.74, 6) is -0.862. The van der Waals surface area contributed by atoms with Crippen molar-refractivity contribution in [2.75, 3.05) is 13.2 Å². The third-order valence-corrected chi connectivity index (χ3v) is 3.75. The summed E-state index contributed by atoms with van der Waals surface area (Å²) in [4.78, 5) is 10.9. The van der Waals surface area contributed by atoms with Crippen molar-refractivity contribution in [1.29, 1.82) is 0 Å². The minimum Gasteiger partial charge on any atom is -0.481 e. The number of carboxylic acid groups (broad SMARTS) is 1. The zero-order valence-corrected chi connectivity index (χ0v) is 10.8. The van der Waals surface area contributed by atoms with E-state index in [1.54, 1.807) is 0 Å². The molecule has 0 spiro atoms. The van der Waals surface area contributed by atoms with Crippen LogP contribution in [0.4, 0.5) is 0 Å². The number of carbonyl (C=O) groups is 1. The number of hydrogen-bond acceptors (Lipinski definition) is 3. The van der Waals surface area contributed by atoms with Gasteiger partial charge in [0.25, 0.3) is 0 Å². The van der Waals surface area contributed by atoms with Crippen LogP contribution in [0.2, 0.25) is 0 Å². The lowest BCUT2D eigenvalue weighted by Gasteiger charge is -2.46. The van der Waals surface area contributed by atoms with Gasteiger partial charge in [0.05, 0.1) is 25.0 Å². The number of nitrogens with two attached hydrogens (primary N) is 1. The first-order valence-corrected chi connectivity index (χ1v) is 6.08. The number of hydrogen-bond donors (Lipinski definition) is 2. The summed E-state index contributed by atoms with van der Waals surface area (Å²) in [5.41, 5.74) is 9.19. The molecule has 98 valence electrons. The van der Waals surface area contributed by atoms with Gasteiger partial charge in [-0.25, -0.2) is 0 Å². The van der Waals surface area contributed by atoms with Gasteiger partial charge < -0.3 is 15.6 Å². The SMILES string of the molecule is Cc1ccc(C)c(C2(C(N)CC(=O)O)COC2)c1. The summed E-state index contributed by atoms with van der Waals surface area (Å²) in [7, 11) is 0.